The van der Waals surface area contributed by atoms with Gasteiger partial charge in [-0.05, 0) is 69.8 Å². The number of unbranched alkanes of at least 4 members (excludes halogenated alkanes) is 1. The maximum Gasteiger partial charge on any atom is 0.133 e. The summed E-state index contributed by atoms with van der Waals surface area (Å²) in [6.07, 6.45) is 4.24. The van der Waals surface area contributed by atoms with Crippen LogP contribution in [0.3, 0.4) is 0 Å². The predicted octanol–water partition coefficient (Wildman–Crippen LogP) is 5.18. The standard InChI is InChI=1S/C24H35NO3/c1-4-17-25-18-16-24(26,15-9-10-19-27-3)21-12-6-8-14-23(21)28-22-13-7-5-11-20(22)2/h5-8,11-14,25-26H,4,9-10,15-19H2,1-3H3/t24-/m0/s1. The summed E-state index contributed by atoms with van der Waals surface area (Å²) in [5.74, 6) is 1.54. The van der Waals surface area contributed by atoms with E-state index in [2.05, 4.69) is 12.2 Å². The summed E-state index contributed by atoms with van der Waals surface area (Å²) in [6, 6.07) is 15.8. The van der Waals surface area contributed by atoms with E-state index in [4.69, 9.17) is 9.47 Å². The number of aryl methyl sites for hydroxylation is 1. The van der Waals surface area contributed by atoms with Crippen molar-refractivity contribution in [2.24, 2.45) is 0 Å². The molecule has 0 heterocycles. The van der Waals surface area contributed by atoms with Gasteiger partial charge in [0.25, 0.3) is 0 Å². The second-order valence-electron chi connectivity index (χ2n) is 7.35. The van der Waals surface area contributed by atoms with Crippen molar-refractivity contribution in [3.8, 4) is 11.5 Å². The van der Waals surface area contributed by atoms with Gasteiger partial charge in [-0.15, -0.1) is 0 Å². The van der Waals surface area contributed by atoms with Gasteiger partial charge in [0, 0.05) is 19.3 Å². The second-order valence-corrected chi connectivity index (χ2v) is 7.35. The van der Waals surface area contributed by atoms with Crippen LogP contribution in [-0.4, -0.2) is 31.9 Å². The number of aliphatic hydroxyl groups is 1. The Balaban J connectivity index is 2.24. The van der Waals surface area contributed by atoms with E-state index in [1.807, 2.05) is 55.5 Å². The Morgan fingerprint density at radius 3 is 2.36 bits per heavy atom. The van der Waals surface area contributed by atoms with Gasteiger partial charge in [0.2, 0.25) is 0 Å². The van der Waals surface area contributed by atoms with Crippen LogP contribution in [-0.2, 0) is 10.3 Å². The molecule has 0 amide bonds. The Bertz CT molecular complexity index is 690. The molecule has 0 radical (unpaired) electrons. The minimum atomic E-state index is -0.937. The zero-order valence-corrected chi connectivity index (χ0v) is 17.5. The molecule has 0 unspecified atom stereocenters. The van der Waals surface area contributed by atoms with Gasteiger partial charge in [-0.2, -0.15) is 0 Å². The molecule has 0 spiro atoms. The Morgan fingerprint density at radius 1 is 0.929 bits per heavy atom. The molecular formula is C24H35NO3. The van der Waals surface area contributed by atoms with Crippen molar-refractivity contribution in [2.75, 3.05) is 26.8 Å². The summed E-state index contributed by atoms with van der Waals surface area (Å²) in [4.78, 5) is 0. The van der Waals surface area contributed by atoms with E-state index in [1.165, 1.54) is 0 Å². The molecule has 0 bridgehead atoms. The minimum Gasteiger partial charge on any atom is -0.457 e. The molecule has 4 nitrogen and oxygen atoms in total. The van der Waals surface area contributed by atoms with Crippen molar-refractivity contribution in [3.63, 3.8) is 0 Å². The highest BCUT2D eigenvalue weighted by Gasteiger charge is 2.31. The molecule has 0 aliphatic rings. The molecule has 4 heteroatoms. The fourth-order valence-corrected chi connectivity index (χ4v) is 3.38. The maximum absolute atomic E-state index is 11.6. The van der Waals surface area contributed by atoms with E-state index in [1.54, 1.807) is 7.11 Å². The van der Waals surface area contributed by atoms with Crippen molar-refractivity contribution in [1.29, 1.82) is 0 Å². The number of ether oxygens (including phenoxy) is 2. The summed E-state index contributed by atoms with van der Waals surface area (Å²) in [5, 5.41) is 15.1. The average molecular weight is 386 g/mol. The Kier molecular flexibility index (Phi) is 9.48. The first-order chi connectivity index (χ1) is 13.6. The van der Waals surface area contributed by atoms with Crippen LogP contribution >= 0.6 is 0 Å². The number of para-hydroxylation sites is 2. The monoisotopic (exact) mass is 385 g/mol. The lowest BCUT2D eigenvalue weighted by Gasteiger charge is -2.31. The van der Waals surface area contributed by atoms with E-state index in [-0.39, 0.29) is 0 Å². The van der Waals surface area contributed by atoms with Crippen molar-refractivity contribution in [1.82, 2.24) is 5.32 Å². The first-order valence-corrected chi connectivity index (χ1v) is 10.4. The van der Waals surface area contributed by atoms with Crippen molar-refractivity contribution in [3.05, 3.63) is 59.7 Å². The molecule has 0 fully saturated rings. The number of hydrogen-bond donors (Lipinski definition) is 2. The molecule has 1 atom stereocenters. The summed E-state index contributed by atoms with van der Waals surface area (Å²) in [5.41, 5.74) is 0.993. The smallest absolute Gasteiger partial charge is 0.133 e. The lowest BCUT2D eigenvalue weighted by atomic mass is 9.85. The van der Waals surface area contributed by atoms with Gasteiger partial charge < -0.3 is 19.9 Å². The third kappa shape index (κ3) is 6.62. The highest BCUT2D eigenvalue weighted by molar-refractivity contribution is 5.43. The van der Waals surface area contributed by atoms with Gasteiger partial charge in [0.15, 0.2) is 0 Å². The minimum absolute atomic E-state index is 0.647. The third-order valence-corrected chi connectivity index (χ3v) is 5.03. The molecule has 0 saturated heterocycles. The van der Waals surface area contributed by atoms with Crippen molar-refractivity contribution < 1.29 is 14.6 Å². The van der Waals surface area contributed by atoms with Gasteiger partial charge in [0.05, 0.1) is 5.60 Å². The van der Waals surface area contributed by atoms with Crippen molar-refractivity contribution in [2.45, 2.75) is 51.6 Å². The normalized spacial score (nSPS) is 13.3. The van der Waals surface area contributed by atoms with Gasteiger partial charge >= 0.3 is 0 Å². The molecular weight excluding hydrogens is 350 g/mol. The maximum atomic E-state index is 11.6. The van der Waals surface area contributed by atoms with Crippen molar-refractivity contribution >= 4 is 0 Å². The molecule has 0 aromatic heterocycles. The van der Waals surface area contributed by atoms with Crippen LogP contribution in [0.2, 0.25) is 0 Å². The fraction of sp³-hybridized carbons (Fsp3) is 0.500. The van der Waals surface area contributed by atoms with Gasteiger partial charge in [-0.25, -0.2) is 0 Å². The lowest BCUT2D eigenvalue weighted by molar-refractivity contribution is 0.0130. The summed E-state index contributed by atoms with van der Waals surface area (Å²) in [7, 11) is 1.71. The molecule has 2 rings (SSSR count). The summed E-state index contributed by atoms with van der Waals surface area (Å²) in [6.45, 7) is 6.62. The van der Waals surface area contributed by atoms with Gasteiger partial charge in [-0.3, -0.25) is 0 Å². The van der Waals surface area contributed by atoms with E-state index >= 15 is 0 Å². The predicted molar refractivity (Wildman–Crippen MR) is 115 cm³/mol. The topological polar surface area (TPSA) is 50.7 Å². The summed E-state index contributed by atoms with van der Waals surface area (Å²) >= 11 is 0. The molecule has 0 aliphatic heterocycles. The molecule has 2 N–H and O–H groups in total. The quantitative estimate of drug-likeness (QED) is 0.466. The largest absolute Gasteiger partial charge is 0.457 e. The van der Waals surface area contributed by atoms with Crippen LogP contribution in [0.15, 0.2) is 48.5 Å². The number of hydrogen-bond acceptors (Lipinski definition) is 4. The zero-order chi connectivity index (χ0) is 20.2. The number of benzene rings is 2. The number of nitrogens with one attached hydrogen (secondary N) is 1. The first-order valence-electron chi connectivity index (χ1n) is 10.4. The summed E-state index contributed by atoms with van der Waals surface area (Å²) < 4.78 is 11.4. The van der Waals surface area contributed by atoms with E-state index in [9.17, 15) is 5.11 Å². The molecule has 0 aliphatic carbocycles. The van der Waals surface area contributed by atoms with Crippen LogP contribution in [0.25, 0.3) is 0 Å². The Morgan fingerprint density at radius 2 is 1.64 bits per heavy atom. The van der Waals surface area contributed by atoms with Crippen LogP contribution < -0.4 is 10.1 Å². The molecule has 0 saturated carbocycles. The van der Waals surface area contributed by atoms with Crippen LogP contribution in [0, 0.1) is 6.92 Å². The van der Waals surface area contributed by atoms with E-state index in [0.717, 1.165) is 55.0 Å². The van der Waals surface area contributed by atoms with Gasteiger partial charge in [-0.1, -0.05) is 43.3 Å². The molecule has 2 aromatic rings. The fourth-order valence-electron chi connectivity index (χ4n) is 3.38. The first kappa shape index (κ1) is 22.4. The number of methoxy groups -OCH3 is 1. The highest BCUT2D eigenvalue weighted by atomic mass is 16.5. The molecule has 28 heavy (non-hydrogen) atoms. The van der Waals surface area contributed by atoms with Crippen LogP contribution in [0.4, 0.5) is 0 Å². The average Bonchev–Trinajstić information content (AvgIpc) is 2.71. The van der Waals surface area contributed by atoms with E-state index in [0.29, 0.717) is 19.4 Å². The Hall–Kier alpha value is -1.88. The molecule has 2 aromatic carbocycles. The SMILES string of the molecule is CCCNCC[C@@](O)(CCCCOC)c1ccccc1Oc1ccccc1C. The second kappa shape index (κ2) is 11.8. The van der Waals surface area contributed by atoms with Gasteiger partial charge in [0.1, 0.15) is 11.5 Å². The lowest BCUT2D eigenvalue weighted by Crippen LogP contribution is -2.31. The Labute approximate surface area is 169 Å². The number of rotatable bonds is 13. The highest BCUT2D eigenvalue weighted by Crippen LogP contribution is 2.39. The van der Waals surface area contributed by atoms with Crippen LogP contribution in [0.5, 0.6) is 11.5 Å². The van der Waals surface area contributed by atoms with Crippen LogP contribution in [0.1, 0.15) is 50.2 Å². The third-order valence-electron chi connectivity index (χ3n) is 5.03. The molecule has 154 valence electrons. The zero-order valence-electron chi connectivity index (χ0n) is 17.5. The van der Waals surface area contributed by atoms with E-state index < -0.39 is 5.60 Å².